The van der Waals surface area contributed by atoms with Crippen LogP contribution in [0, 0.1) is 0 Å². The molecule has 0 spiro atoms. The van der Waals surface area contributed by atoms with Crippen LogP contribution in [0.15, 0.2) is 22.7 Å². The molecule has 0 bridgehead atoms. The molecule has 0 aliphatic heterocycles. The van der Waals surface area contributed by atoms with Gasteiger partial charge in [0, 0.05) is 28.0 Å². The van der Waals surface area contributed by atoms with E-state index in [9.17, 15) is 4.79 Å². The first-order valence-electron chi connectivity index (χ1n) is 5.27. The number of primary amides is 1. The van der Waals surface area contributed by atoms with Crippen LogP contribution in [0.25, 0.3) is 0 Å². The van der Waals surface area contributed by atoms with Gasteiger partial charge in [0.25, 0.3) is 0 Å². The number of halogens is 2. The molecule has 0 saturated heterocycles. The fourth-order valence-electron chi connectivity index (χ4n) is 1.50. The Kier molecular flexibility index (Phi) is 4.98. The summed E-state index contributed by atoms with van der Waals surface area (Å²) in [6.45, 7) is 4.47. The quantitative estimate of drug-likeness (QED) is 0.877. The van der Waals surface area contributed by atoms with Crippen molar-refractivity contribution >= 4 is 33.4 Å². The summed E-state index contributed by atoms with van der Waals surface area (Å²) in [5, 5.41) is 3.96. The predicted molar refractivity (Wildman–Crippen MR) is 73.9 cm³/mol. The molecule has 0 aliphatic rings. The molecule has 0 aromatic heterocycles. The van der Waals surface area contributed by atoms with Gasteiger partial charge in [0.1, 0.15) is 0 Å². The average molecular weight is 320 g/mol. The fraction of sp³-hybridized carbons (Fsp3) is 0.417. The number of rotatable bonds is 5. The number of carbonyl (C=O) groups is 1. The molecule has 1 aromatic rings. The predicted octanol–water partition coefficient (Wildman–Crippen LogP) is 2.85. The lowest BCUT2D eigenvalue weighted by Crippen LogP contribution is -2.42. The maximum atomic E-state index is 10.9. The van der Waals surface area contributed by atoms with Crippen molar-refractivity contribution < 1.29 is 4.79 Å². The molecule has 94 valence electrons. The Balaban J connectivity index is 2.64. The van der Waals surface area contributed by atoms with Gasteiger partial charge >= 0.3 is 0 Å². The minimum atomic E-state index is -0.331. The summed E-state index contributed by atoms with van der Waals surface area (Å²) in [6, 6.07) is 5.73. The van der Waals surface area contributed by atoms with Crippen LogP contribution in [0.1, 0.15) is 25.8 Å². The first-order valence-corrected chi connectivity index (χ1v) is 6.44. The smallest absolute Gasteiger partial charge is 0.219 e. The number of hydrogen-bond acceptors (Lipinski definition) is 2. The highest BCUT2D eigenvalue weighted by molar-refractivity contribution is 9.10. The maximum Gasteiger partial charge on any atom is 0.219 e. The van der Waals surface area contributed by atoms with Crippen molar-refractivity contribution in [2.24, 2.45) is 5.73 Å². The molecular weight excluding hydrogens is 304 g/mol. The Labute approximate surface area is 115 Å². The zero-order chi connectivity index (χ0) is 13.1. The van der Waals surface area contributed by atoms with Gasteiger partial charge in [-0.3, -0.25) is 4.79 Å². The van der Waals surface area contributed by atoms with Crippen LogP contribution in [0.5, 0.6) is 0 Å². The SMILES string of the molecule is CC(C)(CC(N)=O)NCc1ccc(Br)cc1Cl. The third kappa shape index (κ3) is 5.06. The van der Waals surface area contributed by atoms with E-state index in [1.807, 2.05) is 32.0 Å². The highest BCUT2D eigenvalue weighted by Crippen LogP contribution is 2.22. The second-order valence-electron chi connectivity index (χ2n) is 4.62. The Morgan fingerprint density at radius 3 is 2.71 bits per heavy atom. The van der Waals surface area contributed by atoms with Crippen molar-refractivity contribution in [2.75, 3.05) is 0 Å². The number of carbonyl (C=O) groups excluding carboxylic acids is 1. The molecule has 0 atom stereocenters. The molecule has 1 aromatic carbocycles. The van der Waals surface area contributed by atoms with Gasteiger partial charge in [-0.05, 0) is 31.5 Å². The van der Waals surface area contributed by atoms with E-state index >= 15 is 0 Å². The van der Waals surface area contributed by atoms with Crippen molar-refractivity contribution in [1.29, 1.82) is 0 Å². The standard InChI is InChI=1S/C12H16BrClN2O/c1-12(2,6-11(15)17)16-7-8-3-4-9(13)5-10(8)14/h3-5,16H,6-7H2,1-2H3,(H2,15,17). The van der Waals surface area contributed by atoms with Gasteiger partial charge in [0.15, 0.2) is 0 Å². The van der Waals surface area contributed by atoms with Crippen LogP contribution in [0.2, 0.25) is 5.02 Å². The molecule has 5 heteroatoms. The van der Waals surface area contributed by atoms with Gasteiger partial charge in [-0.2, -0.15) is 0 Å². The molecule has 0 radical (unpaired) electrons. The molecule has 0 fully saturated rings. The lowest BCUT2D eigenvalue weighted by Gasteiger charge is -2.25. The van der Waals surface area contributed by atoms with E-state index in [1.54, 1.807) is 0 Å². The van der Waals surface area contributed by atoms with E-state index < -0.39 is 0 Å². The number of nitrogens with one attached hydrogen (secondary N) is 1. The minimum Gasteiger partial charge on any atom is -0.370 e. The lowest BCUT2D eigenvalue weighted by molar-refractivity contribution is -0.119. The minimum absolute atomic E-state index is 0.293. The highest BCUT2D eigenvalue weighted by atomic mass is 79.9. The molecule has 0 aliphatic carbocycles. The number of hydrogen-bond donors (Lipinski definition) is 2. The lowest BCUT2D eigenvalue weighted by atomic mass is 10.00. The van der Waals surface area contributed by atoms with Crippen molar-refractivity contribution in [3.8, 4) is 0 Å². The second-order valence-corrected chi connectivity index (χ2v) is 5.94. The van der Waals surface area contributed by atoms with E-state index in [1.165, 1.54) is 0 Å². The van der Waals surface area contributed by atoms with Crippen LogP contribution in [-0.2, 0) is 11.3 Å². The van der Waals surface area contributed by atoms with Gasteiger partial charge < -0.3 is 11.1 Å². The molecule has 0 saturated carbocycles. The zero-order valence-electron chi connectivity index (χ0n) is 9.89. The third-order valence-corrected chi connectivity index (χ3v) is 3.23. The maximum absolute atomic E-state index is 10.9. The molecule has 3 N–H and O–H groups in total. The van der Waals surface area contributed by atoms with Crippen molar-refractivity contribution in [3.05, 3.63) is 33.3 Å². The molecule has 0 heterocycles. The monoisotopic (exact) mass is 318 g/mol. The normalized spacial score (nSPS) is 11.5. The summed E-state index contributed by atoms with van der Waals surface area (Å²) in [7, 11) is 0. The highest BCUT2D eigenvalue weighted by Gasteiger charge is 2.19. The van der Waals surface area contributed by atoms with E-state index in [2.05, 4.69) is 21.2 Å². The zero-order valence-corrected chi connectivity index (χ0v) is 12.2. The summed E-state index contributed by atoms with van der Waals surface area (Å²) >= 11 is 9.46. The fourth-order valence-corrected chi connectivity index (χ4v) is 2.24. The topological polar surface area (TPSA) is 55.1 Å². The Hall–Kier alpha value is -0.580. The van der Waals surface area contributed by atoms with Gasteiger partial charge in [0.05, 0.1) is 0 Å². The Morgan fingerprint density at radius 1 is 1.53 bits per heavy atom. The molecular formula is C12H16BrClN2O. The number of nitrogens with two attached hydrogens (primary N) is 1. The van der Waals surface area contributed by atoms with Crippen molar-refractivity contribution in [2.45, 2.75) is 32.4 Å². The number of benzene rings is 1. The summed E-state index contributed by atoms with van der Waals surface area (Å²) < 4.78 is 0.947. The molecule has 1 rings (SSSR count). The Bertz CT molecular complexity index is 421. The van der Waals surface area contributed by atoms with Gasteiger partial charge in [-0.25, -0.2) is 0 Å². The summed E-state index contributed by atoms with van der Waals surface area (Å²) in [4.78, 5) is 10.9. The first-order chi connectivity index (χ1) is 7.80. The summed E-state index contributed by atoms with van der Waals surface area (Å²) in [5.41, 5.74) is 5.85. The van der Waals surface area contributed by atoms with Crippen LogP contribution < -0.4 is 11.1 Å². The number of amides is 1. The van der Waals surface area contributed by atoms with Crippen molar-refractivity contribution in [1.82, 2.24) is 5.32 Å². The van der Waals surface area contributed by atoms with E-state index in [-0.39, 0.29) is 11.4 Å². The molecule has 3 nitrogen and oxygen atoms in total. The van der Waals surface area contributed by atoms with Crippen LogP contribution in [-0.4, -0.2) is 11.4 Å². The van der Waals surface area contributed by atoms with Crippen LogP contribution in [0.3, 0.4) is 0 Å². The first kappa shape index (κ1) is 14.5. The van der Waals surface area contributed by atoms with Gasteiger partial charge in [0.2, 0.25) is 5.91 Å². The Morgan fingerprint density at radius 2 is 2.18 bits per heavy atom. The molecule has 0 unspecified atom stereocenters. The van der Waals surface area contributed by atoms with Crippen molar-refractivity contribution in [3.63, 3.8) is 0 Å². The van der Waals surface area contributed by atoms with Crippen LogP contribution in [0.4, 0.5) is 0 Å². The van der Waals surface area contributed by atoms with Gasteiger partial charge in [-0.15, -0.1) is 0 Å². The summed E-state index contributed by atoms with van der Waals surface area (Å²) in [6.07, 6.45) is 0.293. The molecule has 1 amide bonds. The van der Waals surface area contributed by atoms with Gasteiger partial charge in [-0.1, -0.05) is 33.6 Å². The average Bonchev–Trinajstić information content (AvgIpc) is 2.14. The second kappa shape index (κ2) is 5.85. The van der Waals surface area contributed by atoms with E-state index in [4.69, 9.17) is 17.3 Å². The summed E-state index contributed by atoms with van der Waals surface area (Å²) in [5.74, 6) is -0.315. The third-order valence-electron chi connectivity index (χ3n) is 2.39. The molecule has 17 heavy (non-hydrogen) atoms. The largest absolute Gasteiger partial charge is 0.370 e. The van der Waals surface area contributed by atoms with E-state index in [0.29, 0.717) is 18.0 Å². The van der Waals surface area contributed by atoms with E-state index in [0.717, 1.165) is 10.0 Å². The van der Waals surface area contributed by atoms with Crippen LogP contribution >= 0.6 is 27.5 Å².